The standard InChI is InChI=1S/C25H22BrF5N6O5/c1-10-34-24(37(35-10)14-5-12(26)7-32-23(14)25(29,30)31)22-21(40)19(20(39)16(9-38)42-22)36-8-11(6-33-36)13-3-4-15(41-2)18(28)17(13)27/h3-8,16,19-22,38-40H,9H2,1-2H3/t16-,19+,20+,21-,22-/m1/s1. The molecule has 1 saturated heterocycles. The van der Waals surface area contributed by atoms with Gasteiger partial charge in [0, 0.05) is 28.0 Å². The van der Waals surface area contributed by atoms with Crippen LogP contribution in [0.15, 0.2) is 41.3 Å². The number of aliphatic hydroxyl groups is 3. The van der Waals surface area contributed by atoms with E-state index >= 15 is 0 Å². The highest BCUT2D eigenvalue weighted by Crippen LogP contribution is 2.41. The van der Waals surface area contributed by atoms with Gasteiger partial charge < -0.3 is 24.8 Å². The third kappa shape index (κ3) is 5.26. The molecule has 1 aliphatic heterocycles. The molecule has 1 fully saturated rings. The minimum atomic E-state index is -4.88. The van der Waals surface area contributed by atoms with Crippen LogP contribution < -0.4 is 4.74 Å². The lowest BCUT2D eigenvalue weighted by molar-refractivity contribution is -0.210. The van der Waals surface area contributed by atoms with Gasteiger partial charge in [0.15, 0.2) is 23.1 Å². The molecule has 1 aliphatic rings. The van der Waals surface area contributed by atoms with E-state index in [1.807, 2.05) is 0 Å². The van der Waals surface area contributed by atoms with Gasteiger partial charge in [0.2, 0.25) is 5.82 Å². The van der Waals surface area contributed by atoms with Crippen molar-refractivity contribution in [2.24, 2.45) is 0 Å². The third-order valence-corrected chi connectivity index (χ3v) is 7.13. The second-order valence-electron chi connectivity index (χ2n) is 9.35. The van der Waals surface area contributed by atoms with Crippen LogP contribution in [-0.2, 0) is 10.9 Å². The van der Waals surface area contributed by atoms with E-state index < -0.39 is 66.3 Å². The lowest BCUT2D eigenvalue weighted by atomic mass is 9.92. The summed E-state index contributed by atoms with van der Waals surface area (Å²) in [6.07, 6.45) is -7.76. The predicted molar refractivity (Wildman–Crippen MR) is 136 cm³/mol. The van der Waals surface area contributed by atoms with E-state index in [4.69, 9.17) is 9.47 Å². The van der Waals surface area contributed by atoms with Crippen molar-refractivity contribution in [3.8, 4) is 22.6 Å². The summed E-state index contributed by atoms with van der Waals surface area (Å²) in [5.74, 6) is -3.03. The largest absolute Gasteiger partial charge is 0.494 e. The number of aryl methyl sites for hydroxylation is 1. The van der Waals surface area contributed by atoms with Crippen molar-refractivity contribution >= 4 is 15.9 Å². The van der Waals surface area contributed by atoms with Gasteiger partial charge in [-0.2, -0.15) is 27.8 Å². The SMILES string of the molecule is COc1ccc(-c2cnn([C@H]3[C@@H](O)[C@@H](CO)O[C@@H](c4nc(C)nn4-c4cc(Br)cnc4C(F)(F)F)[C@@H]3O)c2)c(F)c1F. The fraction of sp³-hybridized carbons (Fsp3) is 0.360. The van der Waals surface area contributed by atoms with Gasteiger partial charge >= 0.3 is 6.18 Å². The van der Waals surface area contributed by atoms with E-state index in [-0.39, 0.29) is 33.0 Å². The zero-order valence-corrected chi connectivity index (χ0v) is 23.3. The second-order valence-corrected chi connectivity index (χ2v) is 10.3. The van der Waals surface area contributed by atoms with Crippen molar-refractivity contribution in [2.75, 3.05) is 13.7 Å². The number of aliphatic hydroxyl groups excluding tert-OH is 3. The van der Waals surface area contributed by atoms with Crippen LogP contribution in [0.4, 0.5) is 22.0 Å². The molecule has 0 saturated carbocycles. The van der Waals surface area contributed by atoms with Gasteiger partial charge in [-0.3, -0.25) is 4.68 Å². The second kappa shape index (κ2) is 11.3. The summed E-state index contributed by atoms with van der Waals surface area (Å²) in [7, 11) is 1.18. The fourth-order valence-corrected chi connectivity index (χ4v) is 5.10. The summed E-state index contributed by atoms with van der Waals surface area (Å²) < 4.78 is 83.2. The molecular weight excluding hydrogens is 639 g/mol. The van der Waals surface area contributed by atoms with Crippen LogP contribution in [-0.4, -0.2) is 76.9 Å². The summed E-state index contributed by atoms with van der Waals surface area (Å²) in [5, 5.41) is 40.5. The molecule has 0 spiro atoms. The number of benzene rings is 1. The molecule has 0 unspecified atom stereocenters. The molecule has 5 atom stereocenters. The number of alkyl halides is 3. The Morgan fingerprint density at radius 1 is 1.12 bits per heavy atom. The Kier molecular flexibility index (Phi) is 8.06. The quantitative estimate of drug-likeness (QED) is 0.266. The highest BCUT2D eigenvalue weighted by molar-refractivity contribution is 9.10. The Hall–Kier alpha value is -3.51. The normalized spacial score (nSPS) is 22.9. The molecule has 3 N–H and O–H groups in total. The maximum atomic E-state index is 14.7. The van der Waals surface area contributed by atoms with Crippen molar-refractivity contribution in [2.45, 2.75) is 43.6 Å². The van der Waals surface area contributed by atoms with E-state index in [1.165, 1.54) is 32.4 Å². The van der Waals surface area contributed by atoms with E-state index in [0.29, 0.717) is 0 Å². The first-order chi connectivity index (χ1) is 19.8. The van der Waals surface area contributed by atoms with Gasteiger partial charge in [-0.05, 0) is 41.1 Å². The zero-order valence-electron chi connectivity index (χ0n) is 21.7. The maximum Gasteiger partial charge on any atom is 0.435 e. The summed E-state index contributed by atoms with van der Waals surface area (Å²) in [4.78, 5) is 7.67. The van der Waals surface area contributed by atoms with Gasteiger partial charge in [-0.15, -0.1) is 0 Å². The smallest absolute Gasteiger partial charge is 0.435 e. The van der Waals surface area contributed by atoms with Gasteiger partial charge in [0.1, 0.15) is 36.3 Å². The number of aromatic nitrogens is 6. The topological polar surface area (TPSA) is 141 Å². The first kappa shape index (κ1) is 30.0. The average Bonchev–Trinajstić information content (AvgIpc) is 3.56. The molecule has 11 nitrogen and oxygen atoms in total. The molecule has 3 aromatic heterocycles. The average molecular weight is 661 g/mol. The van der Waals surface area contributed by atoms with Crippen molar-refractivity contribution in [1.82, 2.24) is 29.5 Å². The minimum absolute atomic E-state index is 0.0236. The van der Waals surface area contributed by atoms with Gasteiger partial charge in [0.05, 0.1) is 25.6 Å². The Bertz CT molecular complexity index is 1610. The number of halogens is 6. The molecule has 0 bridgehead atoms. The van der Waals surface area contributed by atoms with Crippen LogP contribution in [0.1, 0.15) is 29.5 Å². The number of ether oxygens (including phenoxy) is 2. The lowest BCUT2D eigenvalue weighted by Gasteiger charge is -2.41. The highest BCUT2D eigenvalue weighted by Gasteiger charge is 2.49. The lowest BCUT2D eigenvalue weighted by Crippen LogP contribution is -2.53. The molecule has 4 aromatic rings. The Morgan fingerprint density at radius 2 is 1.86 bits per heavy atom. The molecule has 224 valence electrons. The first-order valence-corrected chi connectivity index (χ1v) is 13.0. The number of hydrogen-bond donors (Lipinski definition) is 3. The molecule has 0 amide bonds. The number of nitrogens with zero attached hydrogens (tertiary/aromatic N) is 6. The number of pyridine rings is 1. The van der Waals surface area contributed by atoms with Crippen LogP contribution in [0.25, 0.3) is 16.8 Å². The molecule has 17 heteroatoms. The first-order valence-electron chi connectivity index (χ1n) is 12.2. The fourth-order valence-electron chi connectivity index (χ4n) is 4.78. The Balaban J connectivity index is 1.58. The van der Waals surface area contributed by atoms with Gasteiger partial charge in [-0.1, -0.05) is 0 Å². The van der Waals surface area contributed by atoms with Crippen molar-refractivity contribution in [1.29, 1.82) is 0 Å². The van der Waals surface area contributed by atoms with Crippen molar-refractivity contribution in [3.05, 3.63) is 70.2 Å². The minimum Gasteiger partial charge on any atom is -0.494 e. The Labute approximate surface area is 242 Å². The van der Waals surface area contributed by atoms with Crippen molar-refractivity contribution in [3.63, 3.8) is 0 Å². The molecule has 0 radical (unpaired) electrons. The van der Waals surface area contributed by atoms with Crippen LogP contribution in [0, 0.1) is 18.6 Å². The van der Waals surface area contributed by atoms with Crippen molar-refractivity contribution < 1.29 is 46.7 Å². The summed E-state index contributed by atoms with van der Waals surface area (Å²) in [6.45, 7) is 0.652. The number of hydrogen-bond acceptors (Lipinski definition) is 9. The van der Waals surface area contributed by atoms with Crippen LogP contribution in [0.3, 0.4) is 0 Å². The molecule has 1 aromatic carbocycles. The van der Waals surface area contributed by atoms with E-state index in [1.54, 1.807) is 0 Å². The number of methoxy groups -OCH3 is 1. The molecule has 4 heterocycles. The zero-order chi connectivity index (χ0) is 30.5. The molecule has 42 heavy (non-hydrogen) atoms. The molecule has 0 aliphatic carbocycles. The molecular formula is C25H22BrF5N6O5. The maximum absolute atomic E-state index is 14.7. The van der Waals surface area contributed by atoms with Gasteiger partial charge in [0.25, 0.3) is 0 Å². The van der Waals surface area contributed by atoms with E-state index in [2.05, 4.69) is 36.1 Å². The van der Waals surface area contributed by atoms with E-state index in [0.717, 1.165) is 27.8 Å². The third-order valence-electron chi connectivity index (χ3n) is 6.70. The summed E-state index contributed by atoms with van der Waals surface area (Å²) >= 11 is 3.10. The van der Waals surface area contributed by atoms with Crippen LogP contribution in [0.2, 0.25) is 0 Å². The van der Waals surface area contributed by atoms with E-state index in [9.17, 15) is 37.3 Å². The Morgan fingerprint density at radius 3 is 2.52 bits per heavy atom. The summed E-state index contributed by atoms with van der Waals surface area (Å²) in [5.41, 5.74) is -1.93. The van der Waals surface area contributed by atoms with Gasteiger partial charge in [-0.25, -0.2) is 19.0 Å². The molecule has 5 rings (SSSR count). The monoisotopic (exact) mass is 660 g/mol. The highest BCUT2D eigenvalue weighted by atomic mass is 79.9. The number of rotatable bonds is 6. The van der Waals surface area contributed by atoms with Crippen LogP contribution >= 0.6 is 15.9 Å². The van der Waals surface area contributed by atoms with Crippen LogP contribution in [0.5, 0.6) is 5.75 Å². The predicted octanol–water partition coefficient (Wildman–Crippen LogP) is 3.30. The summed E-state index contributed by atoms with van der Waals surface area (Å²) in [6, 6.07) is 2.20.